The van der Waals surface area contributed by atoms with E-state index < -0.39 is 0 Å². The number of pyridine rings is 1. The van der Waals surface area contributed by atoms with E-state index in [0.29, 0.717) is 6.42 Å². The summed E-state index contributed by atoms with van der Waals surface area (Å²) in [5, 5.41) is 0. The Kier molecular flexibility index (Phi) is 6.29. The Balaban J connectivity index is 1.40. The minimum absolute atomic E-state index is 0.233. The summed E-state index contributed by atoms with van der Waals surface area (Å²) in [6.07, 6.45) is 2.36. The van der Waals surface area contributed by atoms with E-state index in [1.165, 1.54) is 4.88 Å². The largest absolute Gasteiger partial charge is 0.353 e. The van der Waals surface area contributed by atoms with Crippen molar-refractivity contribution in [1.82, 2.24) is 14.8 Å². The first-order chi connectivity index (χ1) is 12.1. The van der Waals surface area contributed by atoms with Crippen LogP contribution in [0.15, 0.2) is 36.5 Å². The lowest BCUT2D eigenvalue weighted by Gasteiger charge is -2.35. The van der Waals surface area contributed by atoms with E-state index in [-0.39, 0.29) is 5.91 Å². The van der Waals surface area contributed by atoms with Crippen LogP contribution in [0.2, 0.25) is 4.34 Å². The number of carbonyl (C=O) groups is 1. The molecule has 2 aromatic heterocycles. The molecule has 0 spiro atoms. The molecular weight excluding hydrogens is 356 g/mol. The second-order valence-corrected chi connectivity index (χ2v) is 8.05. The van der Waals surface area contributed by atoms with Gasteiger partial charge in [-0.25, -0.2) is 4.98 Å². The van der Waals surface area contributed by atoms with E-state index in [1.54, 1.807) is 11.3 Å². The molecule has 7 heteroatoms. The number of hydrogen-bond donors (Lipinski definition) is 0. The van der Waals surface area contributed by atoms with Gasteiger partial charge in [0, 0.05) is 56.8 Å². The van der Waals surface area contributed by atoms with Gasteiger partial charge in [-0.15, -0.1) is 11.3 Å². The zero-order valence-corrected chi connectivity index (χ0v) is 16.0. The summed E-state index contributed by atoms with van der Waals surface area (Å²) >= 11 is 7.55. The molecule has 2 aromatic rings. The van der Waals surface area contributed by atoms with Gasteiger partial charge in [0.1, 0.15) is 5.82 Å². The fourth-order valence-corrected chi connectivity index (χ4v) is 4.12. The normalized spacial score (nSPS) is 15.0. The Morgan fingerprint density at radius 1 is 1.24 bits per heavy atom. The van der Waals surface area contributed by atoms with Crippen LogP contribution in [0, 0.1) is 0 Å². The van der Waals surface area contributed by atoms with Gasteiger partial charge < -0.3 is 14.7 Å². The lowest BCUT2D eigenvalue weighted by molar-refractivity contribution is -0.131. The van der Waals surface area contributed by atoms with Crippen molar-refractivity contribution in [3.8, 4) is 0 Å². The maximum Gasteiger partial charge on any atom is 0.223 e. The molecule has 1 saturated heterocycles. The number of halogens is 1. The molecular formula is C18H23ClN4OS. The van der Waals surface area contributed by atoms with Crippen LogP contribution in [0.1, 0.15) is 11.3 Å². The van der Waals surface area contributed by atoms with Crippen LogP contribution in [0.25, 0.3) is 0 Å². The van der Waals surface area contributed by atoms with Crippen LogP contribution in [-0.2, 0) is 11.3 Å². The molecule has 0 N–H and O–H groups in total. The molecule has 0 aromatic carbocycles. The first kappa shape index (κ1) is 18.2. The molecule has 1 aliphatic rings. The number of rotatable bonds is 6. The van der Waals surface area contributed by atoms with E-state index >= 15 is 0 Å². The number of hydrogen-bond acceptors (Lipinski definition) is 5. The maximum absolute atomic E-state index is 12.4. The smallest absolute Gasteiger partial charge is 0.223 e. The highest BCUT2D eigenvalue weighted by atomic mass is 35.5. The van der Waals surface area contributed by atoms with Crippen molar-refractivity contribution >= 4 is 34.7 Å². The number of piperazine rings is 1. The number of aromatic nitrogens is 1. The monoisotopic (exact) mass is 378 g/mol. The van der Waals surface area contributed by atoms with Crippen molar-refractivity contribution in [2.24, 2.45) is 0 Å². The summed E-state index contributed by atoms with van der Waals surface area (Å²) in [7, 11) is 2.04. The average molecular weight is 379 g/mol. The third kappa shape index (κ3) is 5.17. The molecule has 0 unspecified atom stereocenters. The second kappa shape index (κ2) is 8.65. The molecule has 0 atom stereocenters. The SMILES string of the molecule is CN(CCC(=O)N1CCN(c2ccccn2)CC1)Cc1ccc(Cl)s1. The van der Waals surface area contributed by atoms with E-state index in [1.807, 2.05) is 48.5 Å². The molecule has 0 radical (unpaired) electrons. The zero-order valence-electron chi connectivity index (χ0n) is 14.4. The second-order valence-electron chi connectivity index (χ2n) is 6.25. The van der Waals surface area contributed by atoms with Crippen LogP contribution in [0.4, 0.5) is 5.82 Å². The lowest BCUT2D eigenvalue weighted by Crippen LogP contribution is -2.49. The highest BCUT2D eigenvalue weighted by Gasteiger charge is 2.21. The molecule has 3 heterocycles. The Hall–Kier alpha value is -1.63. The van der Waals surface area contributed by atoms with Gasteiger partial charge >= 0.3 is 0 Å². The summed E-state index contributed by atoms with van der Waals surface area (Å²) in [6, 6.07) is 9.90. The summed E-state index contributed by atoms with van der Waals surface area (Å²) < 4.78 is 0.810. The Labute approximate surface area is 157 Å². The van der Waals surface area contributed by atoms with Crippen LogP contribution in [0.3, 0.4) is 0 Å². The summed E-state index contributed by atoms with van der Waals surface area (Å²) in [5.41, 5.74) is 0. The fourth-order valence-electron chi connectivity index (χ4n) is 2.95. The van der Waals surface area contributed by atoms with Gasteiger partial charge in [-0.2, -0.15) is 0 Å². The van der Waals surface area contributed by atoms with Gasteiger partial charge in [-0.3, -0.25) is 4.79 Å². The summed E-state index contributed by atoms with van der Waals surface area (Å²) in [4.78, 5) is 24.4. The number of nitrogens with zero attached hydrogens (tertiary/aromatic N) is 4. The van der Waals surface area contributed by atoms with Gasteiger partial charge in [0.25, 0.3) is 0 Å². The minimum atomic E-state index is 0.233. The van der Waals surface area contributed by atoms with E-state index in [2.05, 4.69) is 14.8 Å². The Bertz CT molecular complexity index is 685. The van der Waals surface area contributed by atoms with Crippen molar-refractivity contribution in [2.75, 3.05) is 44.7 Å². The molecule has 5 nitrogen and oxygen atoms in total. The van der Waals surface area contributed by atoms with Gasteiger partial charge in [0.2, 0.25) is 5.91 Å². The predicted octanol–water partition coefficient (Wildman–Crippen LogP) is 2.97. The summed E-state index contributed by atoms with van der Waals surface area (Å²) in [6.45, 7) is 4.80. The molecule has 3 rings (SSSR count). The lowest BCUT2D eigenvalue weighted by atomic mass is 10.2. The number of thiophene rings is 1. The van der Waals surface area contributed by atoms with Crippen LogP contribution in [0.5, 0.6) is 0 Å². The molecule has 1 amide bonds. The Morgan fingerprint density at radius 2 is 2.04 bits per heavy atom. The third-order valence-corrected chi connectivity index (χ3v) is 5.58. The first-order valence-electron chi connectivity index (χ1n) is 8.48. The van der Waals surface area contributed by atoms with Gasteiger partial charge in [0.05, 0.1) is 4.34 Å². The van der Waals surface area contributed by atoms with E-state index in [0.717, 1.165) is 49.4 Å². The maximum atomic E-state index is 12.4. The fraction of sp³-hybridized carbons (Fsp3) is 0.444. The zero-order chi connectivity index (χ0) is 17.6. The standard InChI is InChI=1S/C18H23ClN4OS/c1-21(14-15-5-6-16(19)25-15)9-7-18(24)23-12-10-22(11-13-23)17-4-2-3-8-20-17/h2-6,8H,7,9-14H2,1H3. The van der Waals surface area contributed by atoms with Gasteiger partial charge in [-0.1, -0.05) is 17.7 Å². The van der Waals surface area contributed by atoms with Crippen molar-refractivity contribution in [3.63, 3.8) is 0 Å². The Morgan fingerprint density at radius 3 is 2.68 bits per heavy atom. The quantitative estimate of drug-likeness (QED) is 0.774. The first-order valence-corrected chi connectivity index (χ1v) is 9.68. The topological polar surface area (TPSA) is 39.7 Å². The average Bonchev–Trinajstić information content (AvgIpc) is 3.05. The van der Waals surface area contributed by atoms with Crippen molar-refractivity contribution in [2.45, 2.75) is 13.0 Å². The molecule has 0 saturated carbocycles. The van der Waals surface area contributed by atoms with Crippen molar-refractivity contribution < 1.29 is 4.79 Å². The van der Waals surface area contributed by atoms with E-state index in [9.17, 15) is 4.79 Å². The molecule has 0 bridgehead atoms. The highest BCUT2D eigenvalue weighted by molar-refractivity contribution is 7.16. The molecule has 1 aliphatic heterocycles. The van der Waals surface area contributed by atoms with Crippen molar-refractivity contribution in [1.29, 1.82) is 0 Å². The number of carbonyl (C=O) groups excluding carboxylic acids is 1. The summed E-state index contributed by atoms with van der Waals surface area (Å²) in [5.74, 6) is 1.22. The van der Waals surface area contributed by atoms with Gasteiger partial charge in [-0.05, 0) is 31.3 Å². The molecule has 134 valence electrons. The highest BCUT2D eigenvalue weighted by Crippen LogP contribution is 2.22. The predicted molar refractivity (Wildman–Crippen MR) is 103 cm³/mol. The van der Waals surface area contributed by atoms with Crippen LogP contribution >= 0.6 is 22.9 Å². The van der Waals surface area contributed by atoms with E-state index in [4.69, 9.17) is 11.6 Å². The van der Waals surface area contributed by atoms with Crippen LogP contribution in [-0.4, -0.2) is 60.5 Å². The molecule has 25 heavy (non-hydrogen) atoms. The van der Waals surface area contributed by atoms with Gasteiger partial charge in [0.15, 0.2) is 0 Å². The van der Waals surface area contributed by atoms with Crippen molar-refractivity contribution in [3.05, 3.63) is 45.7 Å². The molecule has 0 aliphatic carbocycles. The number of anilines is 1. The van der Waals surface area contributed by atoms with Crippen LogP contribution < -0.4 is 4.90 Å². The minimum Gasteiger partial charge on any atom is -0.353 e. The third-order valence-electron chi connectivity index (χ3n) is 4.37. The molecule has 1 fully saturated rings. The number of amides is 1.